The Morgan fingerprint density at radius 3 is 1.33 bits per heavy atom. The van der Waals surface area contributed by atoms with Crippen molar-refractivity contribution in [2.45, 2.75) is 12.8 Å². The van der Waals surface area contributed by atoms with E-state index in [9.17, 15) is 10.2 Å². The van der Waals surface area contributed by atoms with Crippen LogP contribution in [-0.2, 0) is 12.8 Å². The first-order chi connectivity index (χ1) is 9.69. The summed E-state index contributed by atoms with van der Waals surface area (Å²) in [6.07, 6.45) is 4.80. The SMILES string of the molecule is C=CCc1ccccc1[O-].C=CCc1ccccc1[O-].[Pb+2]. The van der Waals surface area contributed by atoms with Gasteiger partial charge in [-0.1, -0.05) is 71.8 Å². The van der Waals surface area contributed by atoms with Crippen LogP contribution in [0, 0.1) is 0 Å². The average molecular weight is 474 g/mol. The Balaban J connectivity index is 0.000000364. The Morgan fingerprint density at radius 2 is 1.05 bits per heavy atom. The number of hydrogen-bond acceptors (Lipinski definition) is 2. The fourth-order valence-corrected chi connectivity index (χ4v) is 1.66. The summed E-state index contributed by atoms with van der Waals surface area (Å²) in [6.45, 7) is 7.12. The molecule has 0 N–H and O–H groups in total. The van der Waals surface area contributed by atoms with E-state index in [2.05, 4.69) is 13.2 Å². The van der Waals surface area contributed by atoms with Gasteiger partial charge in [-0.2, -0.15) is 0 Å². The maximum absolute atomic E-state index is 11.0. The summed E-state index contributed by atoms with van der Waals surface area (Å²) in [6, 6.07) is 14.0. The van der Waals surface area contributed by atoms with Crippen molar-refractivity contribution in [2.75, 3.05) is 0 Å². The van der Waals surface area contributed by atoms with E-state index < -0.39 is 0 Å². The fourth-order valence-electron chi connectivity index (χ4n) is 1.66. The fraction of sp³-hybridized carbons (Fsp3) is 0.111. The third-order valence-electron chi connectivity index (χ3n) is 2.67. The van der Waals surface area contributed by atoms with Crippen molar-refractivity contribution in [3.63, 3.8) is 0 Å². The van der Waals surface area contributed by atoms with Gasteiger partial charge in [0.25, 0.3) is 0 Å². The molecule has 0 fully saturated rings. The summed E-state index contributed by atoms with van der Waals surface area (Å²) in [5.41, 5.74) is 1.63. The molecule has 0 aliphatic rings. The maximum Gasteiger partial charge on any atom is 2.00 e. The molecule has 2 nitrogen and oxygen atoms in total. The molecular formula is C18H18O2Pb. The molecule has 0 atom stereocenters. The van der Waals surface area contributed by atoms with Crippen molar-refractivity contribution >= 4 is 27.3 Å². The third kappa shape index (κ3) is 7.13. The number of para-hydroxylation sites is 2. The van der Waals surface area contributed by atoms with E-state index in [-0.39, 0.29) is 38.8 Å². The van der Waals surface area contributed by atoms with Gasteiger partial charge in [0.15, 0.2) is 0 Å². The molecule has 106 valence electrons. The summed E-state index contributed by atoms with van der Waals surface area (Å²) < 4.78 is 0. The molecule has 2 aromatic rings. The van der Waals surface area contributed by atoms with E-state index in [0.717, 1.165) is 11.1 Å². The van der Waals surface area contributed by atoms with Gasteiger partial charge in [-0.05, 0) is 12.8 Å². The Bertz CT molecular complexity index is 513. The van der Waals surface area contributed by atoms with Crippen LogP contribution in [0.3, 0.4) is 0 Å². The van der Waals surface area contributed by atoms with Gasteiger partial charge in [0.1, 0.15) is 0 Å². The molecule has 0 saturated heterocycles. The molecule has 0 aromatic heterocycles. The van der Waals surface area contributed by atoms with Crippen molar-refractivity contribution in [1.82, 2.24) is 0 Å². The molecule has 0 spiro atoms. The molecule has 0 bridgehead atoms. The summed E-state index contributed by atoms with van der Waals surface area (Å²) in [4.78, 5) is 0. The van der Waals surface area contributed by atoms with Crippen molar-refractivity contribution in [3.05, 3.63) is 85.0 Å². The molecule has 0 aliphatic heterocycles. The molecule has 0 unspecified atom stereocenters. The summed E-state index contributed by atoms with van der Waals surface area (Å²) >= 11 is 0. The summed E-state index contributed by atoms with van der Waals surface area (Å²) in [7, 11) is 0. The molecule has 21 heavy (non-hydrogen) atoms. The van der Waals surface area contributed by atoms with Crippen LogP contribution < -0.4 is 10.2 Å². The first-order valence-electron chi connectivity index (χ1n) is 6.40. The zero-order chi connectivity index (χ0) is 14.8. The van der Waals surface area contributed by atoms with E-state index >= 15 is 0 Å². The van der Waals surface area contributed by atoms with Gasteiger partial charge in [0.05, 0.1) is 0 Å². The van der Waals surface area contributed by atoms with Crippen molar-refractivity contribution in [2.24, 2.45) is 0 Å². The minimum Gasteiger partial charge on any atom is -0.872 e. The number of rotatable bonds is 4. The molecule has 2 radical (unpaired) electrons. The first-order valence-corrected chi connectivity index (χ1v) is 6.40. The molecule has 2 aromatic carbocycles. The van der Waals surface area contributed by atoms with E-state index in [1.54, 1.807) is 36.4 Å². The van der Waals surface area contributed by atoms with Gasteiger partial charge in [-0.15, -0.1) is 24.7 Å². The average Bonchev–Trinajstić information content (AvgIpc) is 2.45. The second-order valence-corrected chi connectivity index (χ2v) is 4.20. The van der Waals surface area contributed by atoms with Crippen molar-refractivity contribution in [3.8, 4) is 11.5 Å². The van der Waals surface area contributed by atoms with Crippen LogP contribution in [0.25, 0.3) is 0 Å². The molecule has 0 aliphatic carbocycles. The smallest absolute Gasteiger partial charge is 0.872 e. The van der Waals surface area contributed by atoms with E-state index in [0.29, 0.717) is 12.8 Å². The molecule has 0 amide bonds. The van der Waals surface area contributed by atoms with Gasteiger partial charge in [0, 0.05) is 0 Å². The number of allylic oxidation sites excluding steroid dienone is 2. The predicted molar refractivity (Wildman–Crippen MR) is 85.3 cm³/mol. The van der Waals surface area contributed by atoms with Crippen LogP contribution in [-0.4, -0.2) is 27.3 Å². The molecule has 0 heterocycles. The first kappa shape index (κ1) is 19.4. The van der Waals surface area contributed by atoms with E-state index in [1.807, 2.05) is 24.3 Å². The molecular weight excluding hydrogens is 455 g/mol. The van der Waals surface area contributed by atoms with Crippen LogP contribution in [0.15, 0.2) is 73.8 Å². The Morgan fingerprint density at radius 1 is 0.714 bits per heavy atom. The van der Waals surface area contributed by atoms with Gasteiger partial charge in [-0.25, -0.2) is 0 Å². The Hall–Kier alpha value is -1.56. The standard InChI is InChI=1S/2C9H10O.Pb/c2*1-2-5-8-6-3-4-7-9(8)10;/h2*2-4,6-7,10H,1,5H2;/q;;+2/p-2. The third-order valence-corrected chi connectivity index (χ3v) is 2.67. The van der Waals surface area contributed by atoms with Crippen LogP contribution in [0.1, 0.15) is 11.1 Å². The monoisotopic (exact) mass is 474 g/mol. The zero-order valence-corrected chi connectivity index (χ0v) is 15.8. The van der Waals surface area contributed by atoms with Gasteiger partial charge in [0.2, 0.25) is 0 Å². The quantitative estimate of drug-likeness (QED) is 0.506. The number of benzene rings is 2. The van der Waals surface area contributed by atoms with Crippen LogP contribution in [0.5, 0.6) is 11.5 Å². The maximum atomic E-state index is 11.0. The number of hydrogen-bond donors (Lipinski definition) is 0. The summed E-state index contributed by atoms with van der Waals surface area (Å²) in [5.74, 6) is 0.199. The summed E-state index contributed by atoms with van der Waals surface area (Å²) in [5, 5.41) is 21.9. The van der Waals surface area contributed by atoms with E-state index in [4.69, 9.17) is 0 Å². The molecule has 3 heteroatoms. The predicted octanol–water partition coefficient (Wildman–Crippen LogP) is 2.60. The molecule has 2 rings (SSSR count). The second kappa shape index (κ2) is 11.1. The minimum atomic E-state index is 0. The zero-order valence-electron chi connectivity index (χ0n) is 11.9. The second-order valence-electron chi connectivity index (χ2n) is 4.20. The topological polar surface area (TPSA) is 46.1 Å². The molecule has 0 saturated carbocycles. The van der Waals surface area contributed by atoms with Gasteiger partial charge in [-0.3, -0.25) is 0 Å². The Kier molecular flexibility index (Phi) is 10.3. The largest absolute Gasteiger partial charge is 2.00 e. The minimum absolute atomic E-state index is 0. The van der Waals surface area contributed by atoms with E-state index in [1.165, 1.54) is 0 Å². The van der Waals surface area contributed by atoms with Crippen LogP contribution in [0.2, 0.25) is 0 Å². The van der Waals surface area contributed by atoms with Gasteiger partial charge >= 0.3 is 27.3 Å². The van der Waals surface area contributed by atoms with Crippen LogP contribution >= 0.6 is 0 Å². The van der Waals surface area contributed by atoms with Crippen molar-refractivity contribution < 1.29 is 10.2 Å². The van der Waals surface area contributed by atoms with Crippen molar-refractivity contribution in [1.29, 1.82) is 0 Å². The normalized spacial score (nSPS) is 8.76. The van der Waals surface area contributed by atoms with Gasteiger partial charge < -0.3 is 10.2 Å². The van der Waals surface area contributed by atoms with Crippen LogP contribution in [0.4, 0.5) is 0 Å². The Labute approximate surface area is 146 Å².